The van der Waals surface area contributed by atoms with Gasteiger partial charge in [-0.05, 0) is 13.0 Å². The fourth-order valence-electron chi connectivity index (χ4n) is 0.997. The number of nitrogens with two attached hydrogens (primary N) is 1. The Morgan fingerprint density at radius 3 is 2.33 bits per heavy atom. The van der Waals surface area contributed by atoms with Crippen molar-refractivity contribution in [2.75, 3.05) is 0 Å². The van der Waals surface area contributed by atoms with Gasteiger partial charge in [-0.2, -0.15) is 0 Å². The maximum Gasteiger partial charge on any atom is 0.573 e. The molecule has 0 aromatic heterocycles. The Balaban J connectivity index is 3.08. The molecule has 0 fully saturated rings. The second kappa shape index (κ2) is 3.41. The lowest BCUT2D eigenvalue weighted by atomic mass is 10.0. The van der Waals surface area contributed by atoms with E-state index in [0.29, 0.717) is 0 Å². The summed E-state index contributed by atoms with van der Waals surface area (Å²) in [6.45, 7) is 1.28. The van der Waals surface area contributed by atoms with Gasteiger partial charge in [0.2, 0.25) is 17.3 Å². The second-order valence-corrected chi connectivity index (χ2v) is 2.81. The summed E-state index contributed by atoms with van der Waals surface area (Å²) in [5.74, 6) is -3.08. The molecule has 7 heteroatoms. The van der Waals surface area contributed by atoms with E-state index in [1.54, 1.807) is 0 Å². The van der Waals surface area contributed by atoms with Crippen LogP contribution in [0, 0.1) is 0 Å². The summed E-state index contributed by atoms with van der Waals surface area (Å²) in [6.07, 6.45) is -4.30. The van der Waals surface area contributed by atoms with Gasteiger partial charge in [-0.25, -0.2) is 0 Å². The zero-order valence-corrected chi connectivity index (χ0v) is 7.51. The summed E-state index contributed by atoms with van der Waals surface area (Å²) in [5.41, 5.74) is 4.21. The highest BCUT2D eigenvalue weighted by Gasteiger charge is 2.37. The molecule has 82 valence electrons. The molecule has 1 rings (SSSR count). The first-order chi connectivity index (χ1) is 6.72. The van der Waals surface area contributed by atoms with Gasteiger partial charge < -0.3 is 10.5 Å². The van der Waals surface area contributed by atoms with Gasteiger partial charge in [0, 0.05) is 5.57 Å². The topological polar surface area (TPSA) is 69.4 Å². The van der Waals surface area contributed by atoms with E-state index in [0.717, 1.165) is 6.08 Å². The zero-order valence-electron chi connectivity index (χ0n) is 7.51. The Bertz CT molecular complexity index is 392. The summed E-state index contributed by atoms with van der Waals surface area (Å²) in [6, 6.07) is 0. The fourth-order valence-corrected chi connectivity index (χ4v) is 0.997. The van der Waals surface area contributed by atoms with Crippen LogP contribution < -0.4 is 5.73 Å². The van der Waals surface area contributed by atoms with Gasteiger partial charge in [-0.1, -0.05) is 0 Å². The van der Waals surface area contributed by atoms with Crippen LogP contribution in [0.1, 0.15) is 6.92 Å². The number of hydrogen-bond donors (Lipinski definition) is 1. The summed E-state index contributed by atoms with van der Waals surface area (Å²) in [7, 11) is 0. The Morgan fingerprint density at radius 1 is 1.33 bits per heavy atom. The molecular formula is C8H6F3NO3. The van der Waals surface area contributed by atoms with Crippen LogP contribution in [0.25, 0.3) is 0 Å². The molecular weight excluding hydrogens is 215 g/mol. The van der Waals surface area contributed by atoms with E-state index in [9.17, 15) is 22.8 Å². The number of Topliss-reactive ketones (excluding diaryl/α,β-unsaturated/α-hetero) is 1. The van der Waals surface area contributed by atoms with Crippen LogP contribution in [-0.2, 0) is 14.3 Å². The zero-order chi connectivity index (χ0) is 11.8. The van der Waals surface area contributed by atoms with Crippen molar-refractivity contribution in [2.24, 2.45) is 5.73 Å². The third-order valence-electron chi connectivity index (χ3n) is 1.64. The number of halogens is 3. The molecule has 15 heavy (non-hydrogen) atoms. The highest BCUT2D eigenvalue weighted by atomic mass is 19.4. The van der Waals surface area contributed by atoms with E-state index in [4.69, 9.17) is 5.73 Å². The van der Waals surface area contributed by atoms with Crippen molar-refractivity contribution in [1.29, 1.82) is 0 Å². The van der Waals surface area contributed by atoms with E-state index >= 15 is 0 Å². The minimum atomic E-state index is -5.05. The molecule has 0 atom stereocenters. The molecule has 0 saturated heterocycles. The van der Waals surface area contributed by atoms with Crippen molar-refractivity contribution < 1.29 is 27.5 Å². The molecule has 0 saturated carbocycles. The van der Waals surface area contributed by atoms with Crippen LogP contribution in [0.2, 0.25) is 0 Å². The smallest absolute Gasteiger partial charge is 0.399 e. The van der Waals surface area contributed by atoms with Crippen molar-refractivity contribution in [3.05, 3.63) is 23.1 Å². The van der Waals surface area contributed by atoms with Gasteiger partial charge in [0.15, 0.2) is 0 Å². The Labute approximate surface area is 82.2 Å². The Kier molecular flexibility index (Phi) is 2.57. The normalized spacial score (nSPS) is 18.0. The van der Waals surface area contributed by atoms with Crippen molar-refractivity contribution in [3.8, 4) is 0 Å². The number of alkyl halides is 3. The summed E-state index contributed by atoms with van der Waals surface area (Å²) >= 11 is 0. The molecule has 0 unspecified atom stereocenters. The molecule has 4 nitrogen and oxygen atoms in total. The lowest BCUT2D eigenvalue weighted by molar-refractivity contribution is -0.304. The number of carbonyl (C=O) groups is 2. The molecule has 0 bridgehead atoms. The van der Waals surface area contributed by atoms with Crippen LogP contribution in [0.3, 0.4) is 0 Å². The van der Waals surface area contributed by atoms with Gasteiger partial charge in [0.1, 0.15) is 5.70 Å². The van der Waals surface area contributed by atoms with Gasteiger partial charge >= 0.3 is 6.36 Å². The quantitative estimate of drug-likeness (QED) is 0.664. The number of ketones is 2. The Morgan fingerprint density at radius 2 is 1.87 bits per heavy atom. The van der Waals surface area contributed by atoms with Gasteiger partial charge in [0.25, 0.3) is 0 Å². The predicted molar refractivity (Wildman–Crippen MR) is 42.1 cm³/mol. The number of rotatable bonds is 1. The number of allylic oxidation sites excluding steroid dienone is 2. The molecule has 0 heterocycles. The largest absolute Gasteiger partial charge is 0.573 e. The molecule has 0 aliphatic heterocycles. The third-order valence-corrected chi connectivity index (χ3v) is 1.64. The third kappa shape index (κ3) is 2.36. The standard InChI is InChI=1S/C8H6F3NO3/c1-3-2-4(13)7(5(12)6(3)14)15-8(9,10)11/h2H,12H2,1H3. The number of hydrogen-bond acceptors (Lipinski definition) is 4. The highest BCUT2D eigenvalue weighted by Crippen LogP contribution is 2.25. The minimum absolute atomic E-state index is 0.0213. The first-order valence-electron chi connectivity index (χ1n) is 3.75. The summed E-state index contributed by atoms with van der Waals surface area (Å²) in [5, 5.41) is 0. The Hall–Kier alpha value is -1.79. The van der Waals surface area contributed by atoms with Crippen molar-refractivity contribution in [3.63, 3.8) is 0 Å². The van der Waals surface area contributed by atoms with Crippen LogP contribution in [0.4, 0.5) is 13.2 Å². The van der Waals surface area contributed by atoms with Gasteiger partial charge in [-0.15, -0.1) is 13.2 Å². The molecule has 1 aliphatic carbocycles. The van der Waals surface area contributed by atoms with Crippen LogP contribution in [0.5, 0.6) is 0 Å². The average Bonchev–Trinajstić information content (AvgIpc) is 2.07. The average molecular weight is 221 g/mol. The summed E-state index contributed by atoms with van der Waals surface area (Å²) < 4.78 is 38.8. The van der Waals surface area contributed by atoms with E-state index in [2.05, 4.69) is 4.74 Å². The number of carbonyl (C=O) groups excluding carboxylic acids is 2. The highest BCUT2D eigenvalue weighted by molar-refractivity contribution is 6.21. The van der Waals surface area contributed by atoms with Crippen LogP contribution in [-0.4, -0.2) is 17.9 Å². The van der Waals surface area contributed by atoms with Crippen LogP contribution in [0.15, 0.2) is 23.1 Å². The van der Waals surface area contributed by atoms with Crippen molar-refractivity contribution in [2.45, 2.75) is 13.3 Å². The molecule has 1 aliphatic rings. The molecule has 0 aromatic carbocycles. The van der Waals surface area contributed by atoms with Gasteiger partial charge in [0.05, 0.1) is 0 Å². The van der Waals surface area contributed by atoms with E-state index in [1.807, 2.05) is 0 Å². The van der Waals surface area contributed by atoms with E-state index in [1.165, 1.54) is 6.92 Å². The molecule has 0 aromatic rings. The van der Waals surface area contributed by atoms with Crippen LogP contribution >= 0.6 is 0 Å². The minimum Gasteiger partial charge on any atom is -0.399 e. The molecule has 0 radical (unpaired) electrons. The monoisotopic (exact) mass is 221 g/mol. The first-order valence-corrected chi connectivity index (χ1v) is 3.75. The second-order valence-electron chi connectivity index (χ2n) is 2.81. The molecule has 0 spiro atoms. The lowest BCUT2D eigenvalue weighted by Crippen LogP contribution is -2.28. The van der Waals surface area contributed by atoms with E-state index < -0.39 is 29.4 Å². The maximum atomic E-state index is 11.8. The SMILES string of the molecule is CC1=CC(=O)C(OC(F)(F)F)=C(N)C1=O. The lowest BCUT2D eigenvalue weighted by Gasteiger charge is -2.16. The summed E-state index contributed by atoms with van der Waals surface area (Å²) in [4.78, 5) is 22.2. The van der Waals surface area contributed by atoms with Gasteiger partial charge in [-0.3, -0.25) is 9.59 Å². The van der Waals surface area contributed by atoms with Crippen molar-refractivity contribution in [1.82, 2.24) is 0 Å². The maximum absolute atomic E-state index is 11.8. The molecule has 2 N–H and O–H groups in total. The van der Waals surface area contributed by atoms with Crippen molar-refractivity contribution >= 4 is 11.6 Å². The first kappa shape index (κ1) is 11.3. The molecule has 0 amide bonds. The predicted octanol–water partition coefficient (Wildman–Crippen LogP) is 0.791. The number of ether oxygens (including phenoxy) is 1. The fraction of sp³-hybridized carbons (Fsp3) is 0.250. The van der Waals surface area contributed by atoms with E-state index in [-0.39, 0.29) is 5.57 Å².